The van der Waals surface area contributed by atoms with Crippen molar-refractivity contribution in [2.75, 3.05) is 6.54 Å². The fourth-order valence-corrected chi connectivity index (χ4v) is 1.69. The van der Waals surface area contributed by atoms with Crippen molar-refractivity contribution in [3.63, 3.8) is 0 Å². The lowest BCUT2D eigenvalue weighted by atomic mass is 10.2. The third-order valence-corrected chi connectivity index (χ3v) is 2.73. The molecular weight excluding hydrogens is 182 g/mol. The fourth-order valence-electron chi connectivity index (χ4n) is 1.69. The van der Waals surface area contributed by atoms with Crippen LogP contribution in [-0.2, 0) is 14.4 Å². The largest absolute Gasteiger partial charge is 0.300 e. The van der Waals surface area contributed by atoms with Crippen molar-refractivity contribution in [3.8, 4) is 0 Å². The summed E-state index contributed by atoms with van der Waals surface area (Å²) in [6.07, 6.45) is 3.34. The summed E-state index contributed by atoms with van der Waals surface area (Å²) < 4.78 is 0. The molecule has 0 bridgehead atoms. The number of Topliss-reactive ketones (excluding diaryl/α,β-unsaturated/α-hetero) is 1. The van der Waals surface area contributed by atoms with Crippen molar-refractivity contribution in [1.29, 1.82) is 0 Å². The number of amides is 1. The maximum Gasteiger partial charge on any atom is 0.248 e. The molecule has 78 valence electrons. The van der Waals surface area contributed by atoms with Gasteiger partial charge in [-0.1, -0.05) is 0 Å². The lowest BCUT2D eigenvalue weighted by molar-refractivity contribution is -0.175. The van der Waals surface area contributed by atoms with Gasteiger partial charge in [0.05, 0.1) is 19.1 Å². The number of ketones is 1. The Hall–Kier alpha value is -0.900. The van der Waals surface area contributed by atoms with Crippen LogP contribution in [0.3, 0.4) is 0 Å². The van der Waals surface area contributed by atoms with Crippen LogP contribution < -0.4 is 0 Å². The first-order valence-corrected chi connectivity index (χ1v) is 5.13. The van der Waals surface area contributed by atoms with E-state index in [2.05, 4.69) is 0 Å². The minimum atomic E-state index is 0.0307. The minimum Gasteiger partial charge on any atom is -0.300 e. The molecule has 0 spiro atoms. The zero-order valence-electron chi connectivity index (χ0n) is 8.36. The summed E-state index contributed by atoms with van der Waals surface area (Å²) in [5.74, 6) is 0.709. The summed E-state index contributed by atoms with van der Waals surface area (Å²) in [6.45, 7) is 1.94. The second kappa shape index (κ2) is 3.69. The van der Waals surface area contributed by atoms with Gasteiger partial charge in [-0.2, -0.15) is 0 Å². The van der Waals surface area contributed by atoms with Gasteiger partial charge in [0.1, 0.15) is 5.78 Å². The van der Waals surface area contributed by atoms with Gasteiger partial charge in [-0.25, -0.2) is 5.06 Å². The van der Waals surface area contributed by atoms with E-state index in [9.17, 15) is 9.59 Å². The predicted molar refractivity (Wildman–Crippen MR) is 49.2 cm³/mol. The van der Waals surface area contributed by atoms with Crippen LogP contribution in [0.2, 0.25) is 0 Å². The van der Waals surface area contributed by atoms with E-state index in [4.69, 9.17) is 4.84 Å². The smallest absolute Gasteiger partial charge is 0.248 e. The average molecular weight is 197 g/mol. The maximum absolute atomic E-state index is 11.4. The highest BCUT2D eigenvalue weighted by molar-refractivity contribution is 5.79. The molecule has 1 heterocycles. The Labute approximate surface area is 83.2 Å². The number of carbonyl (C=O) groups excluding carboxylic acids is 2. The highest BCUT2D eigenvalue weighted by Crippen LogP contribution is 2.38. The third kappa shape index (κ3) is 2.12. The summed E-state index contributed by atoms with van der Waals surface area (Å²) in [5, 5.41) is 1.37. The zero-order valence-corrected chi connectivity index (χ0v) is 8.36. The first-order valence-electron chi connectivity index (χ1n) is 5.13. The highest BCUT2D eigenvalue weighted by Gasteiger charge is 2.41. The summed E-state index contributed by atoms with van der Waals surface area (Å²) in [6, 6.07) is 0. The summed E-state index contributed by atoms with van der Waals surface area (Å²) in [4.78, 5) is 27.6. The van der Waals surface area contributed by atoms with Crippen LogP contribution in [-0.4, -0.2) is 29.4 Å². The Kier molecular flexibility index (Phi) is 2.54. The van der Waals surface area contributed by atoms with E-state index < -0.39 is 0 Å². The van der Waals surface area contributed by atoms with Crippen LogP contribution in [0.4, 0.5) is 0 Å². The molecule has 0 aromatic heterocycles. The minimum absolute atomic E-state index is 0.0307. The summed E-state index contributed by atoms with van der Waals surface area (Å²) >= 11 is 0. The third-order valence-electron chi connectivity index (χ3n) is 2.73. The van der Waals surface area contributed by atoms with Gasteiger partial charge >= 0.3 is 0 Å². The molecule has 1 atom stereocenters. The van der Waals surface area contributed by atoms with Crippen LogP contribution >= 0.6 is 0 Å². The van der Waals surface area contributed by atoms with Crippen molar-refractivity contribution in [3.05, 3.63) is 0 Å². The highest BCUT2D eigenvalue weighted by atomic mass is 16.7. The molecule has 1 unspecified atom stereocenters. The van der Waals surface area contributed by atoms with E-state index in [-0.39, 0.29) is 17.8 Å². The van der Waals surface area contributed by atoms with Gasteiger partial charge in [0.15, 0.2) is 0 Å². The first-order chi connectivity index (χ1) is 6.66. The molecule has 1 saturated carbocycles. The Morgan fingerprint density at radius 2 is 2.29 bits per heavy atom. The van der Waals surface area contributed by atoms with Gasteiger partial charge in [0.25, 0.3) is 0 Å². The lowest BCUT2D eigenvalue weighted by Gasteiger charge is -2.14. The standard InChI is InChI=1S/C10H15NO3/c1-7(12)4-5-11-10(13)6-9(14-11)8-2-3-8/h8-9H,2-6H2,1H3. The quantitative estimate of drug-likeness (QED) is 0.673. The first kappa shape index (κ1) is 9.65. The number of carbonyl (C=O) groups is 2. The number of hydroxylamine groups is 2. The Morgan fingerprint density at radius 1 is 1.57 bits per heavy atom. The van der Waals surface area contributed by atoms with Gasteiger partial charge in [-0.15, -0.1) is 0 Å². The van der Waals surface area contributed by atoms with Crippen LogP contribution in [0.5, 0.6) is 0 Å². The molecule has 2 rings (SSSR count). The molecular formula is C10H15NO3. The lowest BCUT2D eigenvalue weighted by Crippen LogP contribution is -2.26. The van der Waals surface area contributed by atoms with Gasteiger partial charge in [-0.05, 0) is 25.7 Å². The Bertz CT molecular complexity index is 260. The SMILES string of the molecule is CC(=O)CCN1OC(C2CC2)CC1=O. The number of hydrogen-bond acceptors (Lipinski definition) is 3. The van der Waals surface area contributed by atoms with Crippen molar-refractivity contribution >= 4 is 11.7 Å². The molecule has 0 aromatic carbocycles. The molecule has 2 aliphatic rings. The Morgan fingerprint density at radius 3 is 2.86 bits per heavy atom. The molecule has 0 aromatic rings. The molecule has 4 nitrogen and oxygen atoms in total. The molecule has 1 amide bonds. The van der Waals surface area contributed by atoms with E-state index in [0.717, 1.165) is 0 Å². The second-order valence-corrected chi connectivity index (χ2v) is 4.13. The van der Waals surface area contributed by atoms with Crippen LogP contribution in [0.15, 0.2) is 0 Å². The van der Waals surface area contributed by atoms with E-state index in [1.807, 2.05) is 0 Å². The molecule has 2 fully saturated rings. The van der Waals surface area contributed by atoms with Crippen molar-refractivity contribution < 1.29 is 14.4 Å². The van der Waals surface area contributed by atoms with E-state index in [1.165, 1.54) is 24.8 Å². The van der Waals surface area contributed by atoms with E-state index >= 15 is 0 Å². The maximum atomic E-state index is 11.4. The summed E-state index contributed by atoms with van der Waals surface area (Å²) in [7, 11) is 0. The molecule has 0 radical (unpaired) electrons. The molecule has 0 N–H and O–H groups in total. The van der Waals surface area contributed by atoms with Crippen LogP contribution in [0, 0.1) is 5.92 Å². The fraction of sp³-hybridized carbons (Fsp3) is 0.800. The van der Waals surface area contributed by atoms with E-state index in [0.29, 0.717) is 25.3 Å². The number of nitrogens with zero attached hydrogens (tertiary/aromatic N) is 1. The monoisotopic (exact) mass is 197 g/mol. The molecule has 1 aliphatic carbocycles. The molecule has 1 aliphatic heterocycles. The van der Waals surface area contributed by atoms with Gasteiger partial charge in [0, 0.05) is 6.42 Å². The van der Waals surface area contributed by atoms with Crippen LogP contribution in [0.25, 0.3) is 0 Å². The number of hydrogen-bond donors (Lipinski definition) is 0. The Balaban J connectivity index is 1.81. The van der Waals surface area contributed by atoms with Gasteiger partial charge in [0.2, 0.25) is 5.91 Å². The van der Waals surface area contributed by atoms with Gasteiger partial charge in [-0.3, -0.25) is 14.4 Å². The molecule has 14 heavy (non-hydrogen) atoms. The average Bonchev–Trinajstić information content (AvgIpc) is 2.88. The summed E-state index contributed by atoms with van der Waals surface area (Å²) in [5.41, 5.74) is 0. The molecule has 1 saturated heterocycles. The molecule has 4 heteroatoms. The normalized spacial score (nSPS) is 27.1. The van der Waals surface area contributed by atoms with Crippen molar-refractivity contribution in [2.24, 2.45) is 5.92 Å². The van der Waals surface area contributed by atoms with Crippen molar-refractivity contribution in [1.82, 2.24) is 5.06 Å². The predicted octanol–water partition coefficient (Wildman–Crippen LogP) is 0.908. The zero-order chi connectivity index (χ0) is 10.1. The van der Waals surface area contributed by atoms with E-state index in [1.54, 1.807) is 0 Å². The second-order valence-electron chi connectivity index (χ2n) is 4.13. The van der Waals surface area contributed by atoms with Crippen LogP contribution in [0.1, 0.15) is 32.6 Å². The topological polar surface area (TPSA) is 46.6 Å². The van der Waals surface area contributed by atoms with Crippen molar-refractivity contribution in [2.45, 2.75) is 38.7 Å². The number of rotatable bonds is 4. The van der Waals surface area contributed by atoms with Gasteiger partial charge < -0.3 is 0 Å².